The molecule has 2 aliphatic rings. The quantitative estimate of drug-likeness (QED) is 0.310. The first kappa shape index (κ1) is 27.9. The topological polar surface area (TPSA) is 119 Å². The van der Waals surface area contributed by atoms with Crippen LogP contribution in [0.15, 0.2) is 73.4 Å². The number of rotatable bonds is 3. The van der Waals surface area contributed by atoms with Crippen LogP contribution in [0.5, 0.6) is 5.75 Å². The average Bonchev–Trinajstić information content (AvgIpc) is 3.81. The van der Waals surface area contributed by atoms with E-state index in [1.807, 2.05) is 53.5 Å². The number of pyridine rings is 1. The fraction of sp³-hybridized carbons (Fsp3) is 0.273. The van der Waals surface area contributed by atoms with Crippen LogP contribution in [-0.4, -0.2) is 84.4 Å². The second-order valence-corrected chi connectivity index (χ2v) is 11.7. The number of aryl methyl sites for hydroxylation is 1. The van der Waals surface area contributed by atoms with E-state index in [4.69, 9.17) is 9.72 Å². The molecule has 0 aliphatic carbocycles. The predicted molar refractivity (Wildman–Crippen MR) is 172 cm³/mol. The van der Waals surface area contributed by atoms with Gasteiger partial charge in [-0.05, 0) is 43.2 Å². The van der Waals surface area contributed by atoms with Crippen molar-refractivity contribution in [3.8, 4) is 22.7 Å². The van der Waals surface area contributed by atoms with Crippen LogP contribution >= 0.6 is 0 Å². The second kappa shape index (κ2) is 11.1. The predicted octanol–water partition coefficient (Wildman–Crippen LogP) is 4.30. The third kappa shape index (κ3) is 4.66. The number of anilines is 2. The van der Waals surface area contributed by atoms with Gasteiger partial charge in [-0.2, -0.15) is 5.10 Å². The van der Waals surface area contributed by atoms with Gasteiger partial charge in [0, 0.05) is 44.4 Å². The van der Waals surface area contributed by atoms with Crippen molar-refractivity contribution >= 4 is 39.6 Å². The number of methoxy groups -OCH3 is 1. The van der Waals surface area contributed by atoms with Crippen molar-refractivity contribution < 1.29 is 13.9 Å². The molecule has 8 rings (SSSR count). The normalized spacial score (nSPS) is 18.5. The first-order chi connectivity index (χ1) is 22.5. The van der Waals surface area contributed by atoms with E-state index in [1.165, 1.54) is 25.6 Å². The van der Waals surface area contributed by atoms with E-state index in [2.05, 4.69) is 36.0 Å². The summed E-state index contributed by atoms with van der Waals surface area (Å²) in [6, 6.07) is 15.8. The average molecular weight is 619 g/mol. The number of carbonyl (C=O) groups is 1. The molecule has 1 saturated heterocycles. The number of fused-ring (bicyclic) bond motifs is 6. The minimum absolute atomic E-state index is 0.0106. The molecule has 6 heterocycles. The molecule has 6 aromatic rings. The second-order valence-electron chi connectivity index (χ2n) is 11.7. The molecule has 13 heteroatoms. The number of nitrogens with zero attached hydrogens (tertiary/aromatic N) is 9. The maximum Gasteiger partial charge on any atom is 0.245 e. The zero-order valence-corrected chi connectivity index (χ0v) is 25.3. The SMILES string of the molecule is COc1cc(F)ccc1-n1ncc2c(N3C[C@@H]4C[C@H]3C(=O)N(C)CCCn3cnc5cccc(c53)-c3cccc(n3)N4)ncnc21. The Morgan fingerprint density at radius 1 is 1.04 bits per heavy atom. The highest BCUT2D eigenvalue weighted by atomic mass is 19.1. The molecule has 12 nitrogen and oxygen atoms in total. The summed E-state index contributed by atoms with van der Waals surface area (Å²) >= 11 is 0. The van der Waals surface area contributed by atoms with Gasteiger partial charge in [-0.1, -0.05) is 18.2 Å². The fourth-order valence-corrected chi connectivity index (χ4v) is 6.69. The van der Waals surface area contributed by atoms with Crippen LogP contribution in [-0.2, 0) is 11.3 Å². The monoisotopic (exact) mass is 618 g/mol. The number of imidazole rings is 1. The van der Waals surface area contributed by atoms with E-state index in [1.54, 1.807) is 16.9 Å². The van der Waals surface area contributed by atoms with Crippen LogP contribution in [0, 0.1) is 5.82 Å². The Hall–Kier alpha value is -5.59. The Morgan fingerprint density at radius 2 is 1.93 bits per heavy atom. The molecule has 2 atom stereocenters. The van der Waals surface area contributed by atoms with Gasteiger partial charge < -0.3 is 24.4 Å². The van der Waals surface area contributed by atoms with Crippen molar-refractivity contribution in [1.82, 2.24) is 39.2 Å². The first-order valence-electron chi connectivity index (χ1n) is 15.2. The highest BCUT2D eigenvalue weighted by Gasteiger charge is 2.40. The van der Waals surface area contributed by atoms with E-state index < -0.39 is 11.9 Å². The van der Waals surface area contributed by atoms with Crippen LogP contribution in [0.4, 0.5) is 16.0 Å². The summed E-state index contributed by atoms with van der Waals surface area (Å²) in [5.41, 5.74) is 4.89. The number of amides is 1. The number of benzene rings is 2. The van der Waals surface area contributed by atoms with Crippen molar-refractivity contribution in [3.63, 3.8) is 0 Å². The van der Waals surface area contributed by atoms with Crippen LogP contribution < -0.4 is 15.0 Å². The Bertz CT molecular complexity index is 2110. The fourth-order valence-electron chi connectivity index (χ4n) is 6.69. The number of hydrogen-bond acceptors (Lipinski definition) is 9. The lowest BCUT2D eigenvalue weighted by atomic mass is 10.1. The summed E-state index contributed by atoms with van der Waals surface area (Å²) < 4.78 is 23.2. The molecule has 2 aromatic carbocycles. The summed E-state index contributed by atoms with van der Waals surface area (Å²) in [5, 5.41) is 8.85. The minimum Gasteiger partial charge on any atom is -0.494 e. The molecule has 0 spiro atoms. The molecular weight excluding hydrogens is 587 g/mol. The first-order valence-corrected chi connectivity index (χ1v) is 15.2. The Balaban J connectivity index is 1.19. The molecule has 1 amide bonds. The number of hydrogen-bond donors (Lipinski definition) is 1. The van der Waals surface area contributed by atoms with Gasteiger partial charge in [0.15, 0.2) is 5.65 Å². The van der Waals surface area contributed by atoms with E-state index in [-0.39, 0.29) is 11.9 Å². The molecule has 4 bridgehead atoms. The molecule has 4 aromatic heterocycles. The van der Waals surface area contributed by atoms with Gasteiger partial charge in [0.25, 0.3) is 0 Å². The molecule has 232 valence electrons. The van der Waals surface area contributed by atoms with Crippen molar-refractivity contribution in [3.05, 3.63) is 79.3 Å². The number of likely N-dealkylation sites (N-methyl/N-ethyl adjacent to an activating group) is 1. The molecular formula is C33H31FN10O2. The van der Waals surface area contributed by atoms with Gasteiger partial charge >= 0.3 is 0 Å². The van der Waals surface area contributed by atoms with E-state index in [9.17, 15) is 9.18 Å². The summed E-state index contributed by atoms with van der Waals surface area (Å²) in [5.74, 6) is 1.25. The number of aromatic nitrogens is 7. The van der Waals surface area contributed by atoms with E-state index in [0.717, 1.165) is 34.5 Å². The van der Waals surface area contributed by atoms with Crippen LogP contribution in [0.25, 0.3) is 39.0 Å². The van der Waals surface area contributed by atoms with Crippen molar-refractivity contribution in [2.75, 3.05) is 37.5 Å². The van der Waals surface area contributed by atoms with Crippen molar-refractivity contribution in [2.45, 2.75) is 31.5 Å². The lowest BCUT2D eigenvalue weighted by molar-refractivity contribution is -0.131. The highest BCUT2D eigenvalue weighted by Crippen LogP contribution is 2.34. The summed E-state index contributed by atoms with van der Waals surface area (Å²) in [6.07, 6.45) is 6.33. The number of halogens is 1. The lowest BCUT2D eigenvalue weighted by Crippen LogP contribution is -2.45. The smallest absolute Gasteiger partial charge is 0.245 e. The molecule has 2 aliphatic heterocycles. The zero-order valence-electron chi connectivity index (χ0n) is 25.3. The summed E-state index contributed by atoms with van der Waals surface area (Å²) in [4.78, 5) is 36.8. The number of para-hydroxylation sites is 1. The Kier molecular flexibility index (Phi) is 6.73. The van der Waals surface area contributed by atoms with Crippen LogP contribution in [0.1, 0.15) is 12.8 Å². The van der Waals surface area contributed by atoms with Gasteiger partial charge in [-0.25, -0.2) is 29.0 Å². The highest BCUT2D eigenvalue weighted by molar-refractivity contribution is 5.93. The minimum atomic E-state index is -0.477. The van der Waals surface area contributed by atoms with Gasteiger partial charge in [0.1, 0.15) is 41.3 Å². The van der Waals surface area contributed by atoms with Gasteiger partial charge in [-0.15, -0.1) is 0 Å². The van der Waals surface area contributed by atoms with E-state index >= 15 is 0 Å². The number of ether oxygens (including phenoxy) is 1. The molecule has 0 unspecified atom stereocenters. The van der Waals surface area contributed by atoms with Gasteiger partial charge in [-0.3, -0.25) is 4.79 Å². The summed E-state index contributed by atoms with van der Waals surface area (Å²) in [6.45, 7) is 1.80. The van der Waals surface area contributed by atoms with Gasteiger partial charge in [0.05, 0.1) is 41.7 Å². The molecule has 46 heavy (non-hydrogen) atoms. The third-order valence-electron chi connectivity index (χ3n) is 8.86. The third-order valence-corrected chi connectivity index (χ3v) is 8.86. The molecule has 1 N–H and O–H groups in total. The molecule has 0 radical (unpaired) electrons. The standard InChI is InChI=1S/C33H31FN10O2/c1-41-12-5-13-42-19-37-25-8-3-6-22(30(25)42)24-7-4-9-29(40-24)39-21-15-27(33(41)45)43(17-21)31-23-16-38-44(32(23)36-18-35-31)26-11-10-20(34)14-28(26)46-2/h3-4,6-11,14,16,18-19,21,27H,5,12-13,15,17H2,1-2H3,(H,39,40)/t21-,27-/m0/s1. The number of carbonyl (C=O) groups excluding carboxylic acids is 1. The Morgan fingerprint density at radius 3 is 2.83 bits per heavy atom. The van der Waals surface area contributed by atoms with Crippen molar-refractivity contribution in [2.24, 2.45) is 0 Å². The van der Waals surface area contributed by atoms with Crippen LogP contribution in [0.2, 0.25) is 0 Å². The molecule has 1 fully saturated rings. The number of nitrogens with one attached hydrogen (secondary N) is 1. The zero-order chi connectivity index (χ0) is 31.4. The van der Waals surface area contributed by atoms with Gasteiger partial charge in [0.2, 0.25) is 5.91 Å². The Labute approximate surface area is 263 Å². The van der Waals surface area contributed by atoms with Crippen molar-refractivity contribution in [1.29, 1.82) is 0 Å². The molecule has 0 saturated carbocycles. The largest absolute Gasteiger partial charge is 0.494 e. The maximum atomic E-state index is 14.1. The maximum absolute atomic E-state index is 14.1. The van der Waals surface area contributed by atoms with E-state index in [0.29, 0.717) is 54.3 Å². The lowest BCUT2D eigenvalue weighted by Gasteiger charge is -2.29. The van der Waals surface area contributed by atoms with Crippen LogP contribution in [0.3, 0.4) is 0 Å². The summed E-state index contributed by atoms with van der Waals surface area (Å²) in [7, 11) is 3.34.